The van der Waals surface area contributed by atoms with Crippen molar-refractivity contribution >= 4 is 27.3 Å². The molecule has 5 rings (SSSR count). The minimum atomic E-state index is -0.261. The van der Waals surface area contributed by atoms with Crippen molar-refractivity contribution in [1.82, 2.24) is 19.6 Å². The van der Waals surface area contributed by atoms with Gasteiger partial charge in [-0.2, -0.15) is 5.10 Å². The lowest BCUT2D eigenvalue weighted by Crippen LogP contribution is -2.15. The van der Waals surface area contributed by atoms with Gasteiger partial charge >= 0.3 is 5.69 Å². The summed E-state index contributed by atoms with van der Waals surface area (Å²) in [6.45, 7) is 0. The van der Waals surface area contributed by atoms with Gasteiger partial charge in [0.25, 0.3) is 0 Å². The Hall–Kier alpha value is -3.47. The van der Waals surface area contributed by atoms with Crippen LogP contribution in [0.15, 0.2) is 71.5 Å². The molecule has 3 aromatic carbocycles. The molecule has 2 heterocycles. The van der Waals surface area contributed by atoms with Crippen molar-refractivity contribution in [2.75, 3.05) is 0 Å². The number of nitrogens with one attached hydrogen (secondary N) is 1. The molecule has 0 amide bonds. The van der Waals surface area contributed by atoms with Gasteiger partial charge in [-0.1, -0.05) is 60.7 Å². The standard InChI is InChI=1S/C20H14N4O/c25-20-23-22-19-16-11-10-14-8-4-5-9-15(14)18(16)21-17(24(19)20)12-13-6-2-1-3-7-13/h1-11H,12H2,(H,23,25). The third-order valence-electron chi connectivity index (χ3n) is 4.52. The summed E-state index contributed by atoms with van der Waals surface area (Å²) >= 11 is 0. The van der Waals surface area contributed by atoms with Crippen LogP contribution >= 0.6 is 0 Å². The van der Waals surface area contributed by atoms with Gasteiger partial charge in [-0.3, -0.25) is 0 Å². The first-order valence-corrected chi connectivity index (χ1v) is 8.13. The Bertz CT molecular complexity index is 1290. The maximum Gasteiger partial charge on any atom is 0.349 e. The summed E-state index contributed by atoms with van der Waals surface area (Å²) in [5.41, 5.74) is 2.33. The molecule has 0 saturated carbocycles. The van der Waals surface area contributed by atoms with E-state index < -0.39 is 0 Å². The molecule has 5 aromatic rings. The monoisotopic (exact) mass is 326 g/mol. The van der Waals surface area contributed by atoms with Crippen molar-refractivity contribution in [3.8, 4) is 0 Å². The number of benzene rings is 3. The van der Waals surface area contributed by atoms with Crippen molar-refractivity contribution in [1.29, 1.82) is 0 Å². The number of rotatable bonds is 2. The Morgan fingerprint density at radius 1 is 0.880 bits per heavy atom. The van der Waals surface area contributed by atoms with E-state index in [0.717, 1.165) is 27.2 Å². The summed E-state index contributed by atoms with van der Waals surface area (Å²) in [6, 6.07) is 22.2. The number of aromatic amines is 1. The molecule has 5 nitrogen and oxygen atoms in total. The van der Waals surface area contributed by atoms with E-state index in [9.17, 15) is 4.79 Å². The molecule has 5 heteroatoms. The molecular formula is C20H14N4O. The zero-order chi connectivity index (χ0) is 16.8. The van der Waals surface area contributed by atoms with Crippen LogP contribution in [0.25, 0.3) is 27.3 Å². The molecule has 0 aliphatic rings. The minimum absolute atomic E-state index is 0.261. The maximum absolute atomic E-state index is 12.3. The predicted octanol–water partition coefficient (Wildman–Crippen LogP) is 3.31. The van der Waals surface area contributed by atoms with Crippen molar-refractivity contribution in [2.45, 2.75) is 6.42 Å². The maximum atomic E-state index is 12.3. The Labute approximate surface area is 142 Å². The molecule has 0 spiro atoms. The van der Waals surface area contributed by atoms with E-state index in [-0.39, 0.29) is 5.69 Å². The van der Waals surface area contributed by atoms with E-state index in [1.807, 2.05) is 54.6 Å². The van der Waals surface area contributed by atoms with Crippen LogP contribution in [0.1, 0.15) is 11.4 Å². The molecule has 2 aromatic heterocycles. The van der Waals surface area contributed by atoms with Gasteiger partial charge in [0.1, 0.15) is 5.82 Å². The fourth-order valence-corrected chi connectivity index (χ4v) is 3.35. The van der Waals surface area contributed by atoms with Gasteiger partial charge in [0.15, 0.2) is 5.65 Å². The third-order valence-corrected chi connectivity index (χ3v) is 4.52. The van der Waals surface area contributed by atoms with Crippen molar-refractivity contribution in [3.05, 3.63) is 88.6 Å². The molecule has 0 saturated heterocycles. The van der Waals surface area contributed by atoms with Crippen LogP contribution in [-0.2, 0) is 6.42 Å². The van der Waals surface area contributed by atoms with Gasteiger partial charge < -0.3 is 0 Å². The number of aromatic nitrogens is 4. The van der Waals surface area contributed by atoms with Gasteiger partial charge in [-0.05, 0) is 17.0 Å². The fourth-order valence-electron chi connectivity index (χ4n) is 3.35. The van der Waals surface area contributed by atoms with Gasteiger partial charge in [0, 0.05) is 17.2 Å². The van der Waals surface area contributed by atoms with Crippen LogP contribution in [0, 0.1) is 0 Å². The number of nitrogens with zero attached hydrogens (tertiary/aromatic N) is 3. The summed E-state index contributed by atoms with van der Waals surface area (Å²) in [5, 5.41) is 9.85. The number of hydrogen-bond acceptors (Lipinski definition) is 3. The van der Waals surface area contributed by atoms with Crippen LogP contribution in [0.2, 0.25) is 0 Å². The van der Waals surface area contributed by atoms with Gasteiger partial charge in [-0.15, -0.1) is 0 Å². The van der Waals surface area contributed by atoms with E-state index in [4.69, 9.17) is 4.98 Å². The van der Waals surface area contributed by atoms with E-state index in [2.05, 4.69) is 22.3 Å². The zero-order valence-corrected chi connectivity index (χ0v) is 13.3. The Morgan fingerprint density at radius 2 is 1.68 bits per heavy atom. The second-order valence-electron chi connectivity index (χ2n) is 6.06. The molecule has 1 N–H and O–H groups in total. The Morgan fingerprint density at radius 3 is 2.56 bits per heavy atom. The molecule has 120 valence electrons. The third kappa shape index (κ3) is 2.13. The molecule has 25 heavy (non-hydrogen) atoms. The average Bonchev–Trinajstić information content (AvgIpc) is 3.05. The van der Waals surface area contributed by atoms with Crippen molar-refractivity contribution in [2.24, 2.45) is 0 Å². The highest BCUT2D eigenvalue weighted by atomic mass is 16.1. The average molecular weight is 326 g/mol. The van der Waals surface area contributed by atoms with E-state index in [0.29, 0.717) is 17.9 Å². The first kappa shape index (κ1) is 13.9. The van der Waals surface area contributed by atoms with Crippen LogP contribution in [0.4, 0.5) is 0 Å². The van der Waals surface area contributed by atoms with Gasteiger partial charge in [0.2, 0.25) is 0 Å². The van der Waals surface area contributed by atoms with E-state index in [1.165, 1.54) is 0 Å². The lowest BCUT2D eigenvalue weighted by molar-refractivity contribution is 0.901. The van der Waals surface area contributed by atoms with Crippen LogP contribution in [-0.4, -0.2) is 19.6 Å². The van der Waals surface area contributed by atoms with Crippen molar-refractivity contribution < 1.29 is 0 Å². The van der Waals surface area contributed by atoms with Crippen LogP contribution in [0.3, 0.4) is 0 Å². The lowest BCUT2D eigenvalue weighted by atomic mass is 10.1. The van der Waals surface area contributed by atoms with E-state index in [1.54, 1.807) is 4.40 Å². The summed E-state index contributed by atoms with van der Waals surface area (Å²) < 4.78 is 1.57. The molecule has 0 aliphatic heterocycles. The molecule has 0 fully saturated rings. The highest BCUT2D eigenvalue weighted by molar-refractivity contribution is 6.09. The summed E-state index contributed by atoms with van der Waals surface area (Å²) in [5.74, 6) is 0.684. The van der Waals surface area contributed by atoms with Crippen LogP contribution < -0.4 is 5.69 Å². The molecular weight excluding hydrogens is 312 g/mol. The fraction of sp³-hybridized carbons (Fsp3) is 0.0500. The van der Waals surface area contributed by atoms with Gasteiger partial charge in [0.05, 0.1) is 5.52 Å². The zero-order valence-electron chi connectivity index (χ0n) is 13.3. The molecule has 0 bridgehead atoms. The SMILES string of the molecule is O=c1[nH]nc2c3ccc4ccccc4c3nc(Cc3ccccc3)n12. The highest BCUT2D eigenvalue weighted by Gasteiger charge is 2.14. The minimum Gasteiger partial charge on any atom is -0.246 e. The summed E-state index contributed by atoms with van der Waals surface area (Å²) in [7, 11) is 0. The molecule has 0 unspecified atom stereocenters. The summed E-state index contributed by atoms with van der Waals surface area (Å²) in [4.78, 5) is 17.2. The van der Waals surface area contributed by atoms with Crippen molar-refractivity contribution in [3.63, 3.8) is 0 Å². The van der Waals surface area contributed by atoms with Crippen LogP contribution in [0.5, 0.6) is 0 Å². The lowest BCUT2D eigenvalue weighted by Gasteiger charge is -2.09. The Kier molecular flexibility index (Phi) is 2.94. The Balaban J connectivity index is 1.89. The molecule has 0 aliphatic carbocycles. The first-order valence-electron chi connectivity index (χ1n) is 8.13. The smallest absolute Gasteiger partial charge is 0.246 e. The number of hydrogen-bond donors (Lipinski definition) is 1. The normalized spacial score (nSPS) is 11.5. The molecule has 0 radical (unpaired) electrons. The quantitative estimate of drug-likeness (QED) is 0.506. The summed E-state index contributed by atoms with van der Waals surface area (Å²) in [6.07, 6.45) is 0.565. The number of fused-ring (bicyclic) bond motifs is 5. The second kappa shape index (κ2) is 5.27. The predicted molar refractivity (Wildman–Crippen MR) is 97.9 cm³/mol. The number of H-pyrrole nitrogens is 1. The highest BCUT2D eigenvalue weighted by Crippen LogP contribution is 2.26. The second-order valence-corrected chi connectivity index (χ2v) is 6.06. The topological polar surface area (TPSA) is 63.0 Å². The van der Waals surface area contributed by atoms with Gasteiger partial charge in [-0.25, -0.2) is 19.3 Å². The first-order chi connectivity index (χ1) is 12.3. The van der Waals surface area contributed by atoms with E-state index >= 15 is 0 Å². The largest absolute Gasteiger partial charge is 0.349 e. The molecule has 0 atom stereocenters.